The van der Waals surface area contributed by atoms with E-state index in [9.17, 15) is 4.79 Å². The maximum Gasteiger partial charge on any atom is 0.131 e. The van der Waals surface area contributed by atoms with Gasteiger partial charge in [-0.3, -0.25) is 9.69 Å². The number of Topliss-reactive ketones (excluding diaryl/α,β-unsaturated/α-hetero) is 1. The third kappa shape index (κ3) is 2.57. The fraction of sp³-hybridized carbons (Fsp3) is 0.917. The Balaban J connectivity index is 2.58. The first-order chi connectivity index (χ1) is 6.56. The first-order valence-electron chi connectivity index (χ1n) is 5.83. The van der Waals surface area contributed by atoms with Crippen LogP contribution >= 0.6 is 0 Å². The van der Waals surface area contributed by atoms with Gasteiger partial charge < -0.3 is 0 Å². The SMILES string of the molecule is CCC1CCC(C)N1C(C)CC(C)=O. The summed E-state index contributed by atoms with van der Waals surface area (Å²) >= 11 is 0. The second kappa shape index (κ2) is 4.92. The van der Waals surface area contributed by atoms with E-state index in [1.807, 2.05) is 0 Å². The summed E-state index contributed by atoms with van der Waals surface area (Å²) in [6.45, 7) is 8.41. The molecule has 0 spiro atoms. The van der Waals surface area contributed by atoms with Crippen molar-refractivity contribution >= 4 is 5.78 Å². The maximum absolute atomic E-state index is 11.1. The van der Waals surface area contributed by atoms with Gasteiger partial charge in [-0.2, -0.15) is 0 Å². The van der Waals surface area contributed by atoms with Crippen molar-refractivity contribution in [3.8, 4) is 0 Å². The summed E-state index contributed by atoms with van der Waals surface area (Å²) in [7, 11) is 0. The lowest BCUT2D eigenvalue weighted by Gasteiger charge is -2.33. The summed E-state index contributed by atoms with van der Waals surface area (Å²) in [6, 6.07) is 1.79. The predicted molar refractivity (Wildman–Crippen MR) is 59.4 cm³/mol. The number of carbonyl (C=O) groups excluding carboxylic acids is 1. The van der Waals surface area contributed by atoms with Gasteiger partial charge in [-0.05, 0) is 40.0 Å². The smallest absolute Gasteiger partial charge is 0.131 e. The Morgan fingerprint density at radius 2 is 2.14 bits per heavy atom. The highest BCUT2D eigenvalue weighted by atomic mass is 16.1. The van der Waals surface area contributed by atoms with E-state index < -0.39 is 0 Å². The molecular weight excluding hydrogens is 174 g/mol. The molecule has 0 saturated carbocycles. The van der Waals surface area contributed by atoms with Crippen LogP contribution in [0.3, 0.4) is 0 Å². The Kier molecular flexibility index (Phi) is 4.11. The standard InChI is InChI=1S/C12H23NO/c1-5-12-7-6-9(2)13(12)10(3)8-11(4)14/h9-10,12H,5-8H2,1-4H3. The number of carbonyl (C=O) groups is 1. The van der Waals surface area contributed by atoms with Gasteiger partial charge in [0.1, 0.15) is 5.78 Å². The van der Waals surface area contributed by atoms with Crippen molar-refractivity contribution in [2.75, 3.05) is 0 Å². The van der Waals surface area contributed by atoms with E-state index in [4.69, 9.17) is 0 Å². The van der Waals surface area contributed by atoms with Gasteiger partial charge >= 0.3 is 0 Å². The molecule has 0 aromatic rings. The number of hydrogen-bond donors (Lipinski definition) is 0. The van der Waals surface area contributed by atoms with E-state index >= 15 is 0 Å². The molecule has 3 atom stereocenters. The van der Waals surface area contributed by atoms with Gasteiger partial charge in [0.25, 0.3) is 0 Å². The Bertz CT molecular complexity index is 202. The summed E-state index contributed by atoms with van der Waals surface area (Å²) in [5, 5.41) is 0. The van der Waals surface area contributed by atoms with Gasteiger partial charge in [-0.25, -0.2) is 0 Å². The second-order valence-electron chi connectivity index (χ2n) is 4.69. The van der Waals surface area contributed by atoms with Gasteiger partial charge in [-0.15, -0.1) is 0 Å². The molecule has 1 fully saturated rings. The van der Waals surface area contributed by atoms with Crippen molar-refractivity contribution in [1.82, 2.24) is 4.90 Å². The van der Waals surface area contributed by atoms with Gasteiger partial charge in [0.05, 0.1) is 0 Å². The zero-order valence-corrected chi connectivity index (χ0v) is 9.92. The number of ketones is 1. The number of nitrogens with zero attached hydrogens (tertiary/aromatic N) is 1. The van der Waals surface area contributed by atoms with Gasteiger partial charge in [-0.1, -0.05) is 6.92 Å². The van der Waals surface area contributed by atoms with Crippen LogP contribution in [0.4, 0.5) is 0 Å². The molecule has 14 heavy (non-hydrogen) atoms. The lowest BCUT2D eigenvalue weighted by molar-refractivity contribution is -0.118. The molecule has 3 unspecified atom stereocenters. The van der Waals surface area contributed by atoms with E-state index in [1.165, 1.54) is 19.3 Å². The van der Waals surface area contributed by atoms with E-state index in [0.717, 1.165) is 0 Å². The molecule has 0 bridgehead atoms. The number of likely N-dealkylation sites (tertiary alicyclic amines) is 1. The molecule has 2 heteroatoms. The summed E-state index contributed by atoms with van der Waals surface area (Å²) in [4.78, 5) is 13.6. The summed E-state index contributed by atoms with van der Waals surface area (Å²) in [6.07, 6.45) is 4.52. The van der Waals surface area contributed by atoms with Crippen LogP contribution < -0.4 is 0 Å². The highest BCUT2D eigenvalue weighted by Crippen LogP contribution is 2.29. The third-order valence-electron chi connectivity index (χ3n) is 3.41. The molecule has 1 aliphatic heterocycles. The molecule has 1 heterocycles. The summed E-state index contributed by atoms with van der Waals surface area (Å²) in [5.41, 5.74) is 0. The van der Waals surface area contributed by atoms with Crippen LogP contribution in [0.5, 0.6) is 0 Å². The monoisotopic (exact) mass is 197 g/mol. The van der Waals surface area contributed by atoms with Crippen molar-refractivity contribution in [2.45, 2.75) is 71.5 Å². The average molecular weight is 197 g/mol. The highest BCUT2D eigenvalue weighted by Gasteiger charge is 2.32. The predicted octanol–water partition coefficient (Wildman–Crippen LogP) is 2.62. The van der Waals surface area contributed by atoms with Crippen LogP contribution in [0.2, 0.25) is 0 Å². The molecular formula is C12H23NO. The van der Waals surface area contributed by atoms with E-state index in [2.05, 4.69) is 25.7 Å². The molecule has 2 nitrogen and oxygen atoms in total. The number of rotatable bonds is 4. The minimum Gasteiger partial charge on any atom is -0.300 e. The topological polar surface area (TPSA) is 20.3 Å². The Labute approximate surface area is 87.7 Å². The molecule has 0 aliphatic carbocycles. The van der Waals surface area contributed by atoms with Crippen LogP contribution in [0, 0.1) is 0 Å². The van der Waals surface area contributed by atoms with Gasteiger partial charge in [0.2, 0.25) is 0 Å². The van der Waals surface area contributed by atoms with Crippen LogP contribution in [-0.4, -0.2) is 28.8 Å². The molecule has 1 aliphatic rings. The lowest BCUT2D eigenvalue weighted by atomic mass is 10.1. The van der Waals surface area contributed by atoms with E-state index in [-0.39, 0.29) is 0 Å². The Morgan fingerprint density at radius 3 is 2.64 bits per heavy atom. The number of hydrogen-bond acceptors (Lipinski definition) is 2. The van der Waals surface area contributed by atoms with Crippen molar-refractivity contribution in [1.29, 1.82) is 0 Å². The van der Waals surface area contributed by atoms with Crippen LogP contribution in [0.1, 0.15) is 53.4 Å². The highest BCUT2D eigenvalue weighted by molar-refractivity contribution is 5.76. The normalized spacial score (nSPS) is 30.6. The van der Waals surface area contributed by atoms with Crippen LogP contribution in [0.25, 0.3) is 0 Å². The van der Waals surface area contributed by atoms with E-state index in [0.29, 0.717) is 30.3 Å². The zero-order valence-electron chi connectivity index (χ0n) is 9.92. The first kappa shape index (κ1) is 11.7. The largest absolute Gasteiger partial charge is 0.300 e. The van der Waals surface area contributed by atoms with Crippen molar-refractivity contribution < 1.29 is 4.79 Å². The Morgan fingerprint density at radius 1 is 1.50 bits per heavy atom. The fourth-order valence-corrected chi connectivity index (χ4v) is 2.82. The fourth-order valence-electron chi connectivity index (χ4n) is 2.82. The minimum atomic E-state index is 0.312. The third-order valence-corrected chi connectivity index (χ3v) is 3.41. The van der Waals surface area contributed by atoms with Crippen molar-refractivity contribution in [3.63, 3.8) is 0 Å². The molecule has 1 rings (SSSR count). The molecule has 82 valence electrons. The maximum atomic E-state index is 11.1. The zero-order chi connectivity index (χ0) is 10.7. The van der Waals surface area contributed by atoms with Gasteiger partial charge in [0, 0.05) is 24.5 Å². The summed E-state index contributed by atoms with van der Waals surface area (Å²) in [5.74, 6) is 0.312. The Hall–Kier alpha value is -0.370. The van der Waals surface area contributed by atoms with Crippen LogP contribution in [-0.2, 0) is 4.79 Å². The molecule has 1 saturated heterocycles. The van der Waals surface area contributed by atoms with Crippen molar-refractivity contribution in [2.24, 2.45) is 0 Å². The minimum absolute atomic E-state index is 0.312. The van der Waals surface area contributed by atoms with Gasteiger partial charge in [0.15, 0.2) is 0 Å². The average Bonchev–Trinajstić information content (AvgIpc) is 2.45. The summed E-state index contributed by atoms with van der Waals surface area (Å²) < 4.78 is 0. The van der Waals surface area contributed by atoms with Crippen LogP contribution in [0.15, 0.2) is 0 Å². The van der Waals surface area contributed by atoms with Crippen molar-refractivity contribution in [3.05, 3.63) is 0 Å². The molecule has 0 radical (unpaired) electrons. The first-order valence-corrected chi connectivity index (χ1v) is 5.83. The molecule has 0 aromatic carbocycles. The quantitative estimate of drug-likeness (QED) is 0.690. The molecule has 0 aromatic heterocycles. The molecule has 0 N–H and O–H groups in total. The lowest BCUT2D eigenvalue weighted by Crippen LogP contribution is -2.42. The van der Waals surface area contributed by atoms with E-state index in [1.54, 1.807) is 6.92 Å². The molecule has 0 amide bonds. The second-order valence-corrected chi connectivity index (χ2v) is 4.69.